The van der Waals surface area contributed by atoms with Crippen LogP contribution in [0.1, 0.15) is 30.5 Å². The van der Waals surface area contributed by atoms with Gasteiger partial charge in [0.2, 0.25) is 8.07 Å². The summed E-state index contributed by atoms with van der Waals surface area (Å²) < 4.78 is 0. The van der Waals surface area contributed by atoms with Gasteiger partial charge in [0.15, 0.2) is 0 Å². The van der Waals surface area contributed by atoms with Gasteiger partial charge < -0.3 is 0 Å². The molecule has 8 aromatic rings. The van der Waals surface area contributed by atoms with Gasteiger partial charge in [-0.25, -0.2) is 0 Å². The molecule has 9 rings (SSSR count). The summed E-state index contributed by atoms with van der Waals surface area (Å²) in [6, 6.07) is 66.6. The molecule has 0 amide bonds. The predicted octanol–water partition coefficient (Wildman–Crippen LogP) is 10.0. The number of rotatable bonds is 4. The van der Waals surface area contributed by atoms with Crippen LogP contribution in [-0.2, 0) is 5.41 Å². The zero-order valence-corrected chi connectivity index (χ0v) is 29.3. The molecule has 1 aliphatic rings. The zero-order chi connectivity index (χ0) is 33.7. The van der Waals surface area contributed by atoms with Crippen molar-refractivity contribution in [2.45, 2.75) is 19.3 Å². The summed E-state index contributed by atoms with van der Waals surface area (Å²) in [7, 11) is -2.78. The molecule has 8 aromatic carbocycles. The average molecular weight is 653 g/mol. The Morgan fingerprint density at radius 2 is 0.860 bits per heavy atom. The molecule has 0 radical (unpaired) electrons. The third-order valence-electron chi connectivity index (χ3n) is 10.8. The van der Waals surface area contributed by atoms with E-state index in [4.69, 9.17) is 0 Å². The van der Waals surface area contributed by atoms with Crippen LogP contribution in [0.25, 0.3) is 43.8 Å². The molecule has 0 aliphatic heterocycles. The fourth-order valence-electron chi connectivity index (χ4n) is 8.39. The van der Waals surface area contributed by atoms with Crippen LogP contribution in [0.4, 0.5) is 0 Å². The van der Waals surface area contributed by atoms with Gasteiger partial charge >= 0.3 is 0 Å². The van der Waals surface area contributed by atoms with Crippen molar-refractivity contribution < 1.29 is 0 Å². The molecule has 0 spiro atoms. The highest BCUT2D eigenvalue weighted by molar-refractivity contribution is 7.16. The fourth-order valence-corrected chi connectivity index (χ4v) is 12.2. The highest BCUT2D eigenvalue weighted by Crippen LogP contribution is 2.50. The van der Waals surface area contributed by atoms with Crippen LogP contribution in [0.5, 0.6) is 0 Å². The minimum atomic E-state index is -2.78. The van der Waals surface area contributed by atoms with E-state index >= 15 is 0 Å². The first-order valence-electron chi connectivity index (χ1n) is 17.5. The molecule has 0 unspecified atom stereocenters. The molecule has 0 saturated heterocycles. The van der Waals surface area contributed by atoms with Gasteiger partial charge in [-0.1, -0.05) is 196 Å². The molecule has 0 heterocycles. The lowest BCUT2D eigenvalue weighted by Gasteiger charge is -2.28. The van der Waals surface area contributed by atoms with Gasteiger partial charge in [-0.15, -0.1) is 5.54 Å². The van der Waals surface area contributed by atoms with Crippen LogP contribution in [0.3, 0.4) is 0 Å². The first-order chi connectivity index (χ1) is 24.6. The van der Waals surface area contributed by atoms with Gasteiger partial charge in [0.05, 0.1) is 0 Å². The summed E-state index contributed by atoms with van der Waals surface area (Å²) in [5, 5.41) is 8.70. The highest BCUT2D eigenvalue weighted by atomic mass is 28.3. The quantitative estimate of drug-likeness (QED) is 0.0768. The molecule has 0 aromatic heterocycles. The van der Waals surface area contributed by atoms with Crippen molar-refractivity contribution in [2.24, 2.45) is 0 Å². The molecule has 50 heavy (non-hydrogen) atoms. The van der Waals surface area contributed by atoms with E-state index in [1.807, 2.05) is 0 Å². The summed E-state index contributed by atoms with van der Waals surface area (Å²) in [5.74, 6) is 3.92. The van der Waals surface area contributed by atoms with Crippen molar-refractivity contribution in [1.29, 1.82) is 0 Å². The summed E-state index contributed by atoms with van der Waals surface area (Å²) >= 11 is 0. The molecule has 0 nitrogen and oxygen atoms in total. The van der Waals surface area contributed by atoms with Gasteiger partial charge in [0, 0.05) is 11.0 Å². The van der Waals surface area contributed by atoms with Crippen LogP contribution in [0.2, 0.25) is 0 Å². The molecule has 0 atom stereocenters. The largest absolute Gasteiger partial charge is 0.230 e. The molecular weight excluding hydrogens is 617 g/mol. The van der Waals surface area contributed by atoms with E-state index in [0.29, 0.717) is 0 Å². The second-order valence-electron chi connectivity index (χ2n) is 13.9. The maximum atomic E-state index is 4.08. The standard InChI is InChI=1S/C49H36Si/c1-49(2)46-29-17-16-26-42(46)45-34-35(30-31-47(45)49)48-43-27-14-12-24-39(43)41(40-25-13-15-28-44(40)48)32-33-50(36-18-6-3-7-19-36,37-20-8-4-9-21-37)38-22-10-5-11-23-38/h3-31,34H,1-2H3. The zero-order valence-electron chi connectivity index (χ0n) is 28.3. The minimum Gasteiger partial charge on any atom is -0.109 e. The number of benzene rings is 8. The fraction of sp³-hybridized carbons (Fsp3) is 0.0612. The van der Waals surface area contributed by atoms with E-state index in [9.17, 15) is 0 Å². The number of hydrogen-bond donors (Lipinski definition) is 0. The molecule has 1 heteroatoms. The van der Waals surface area contributed by atoms with Gasteiger partial charge in [0.25, 0.3) is 0 Å². The molecule has 0 N–H and O–H groups in total. The third-order valence-corrected chi connectivity index (χ3v) is 14.9. The van der Waals surface area contributed by atoms with Crippen molar-refractivity contribution in [3.63, 3.8) is 0 Å². The first-order valence-corrected chi connectivity index (χ1v) is 19.5. The first kappa shape index (κ1) is 30.1. The Kier molecular flexibility index (Phi) is 7.16. The van der Waals surface area contributed by atoms with Gasteiger partial charge in [-0.2, -0.15) is 0 Å². The van der Waals surface area contributed by atoms with E-state index in [0.717, 1.165) is 5.56 Å². The van der Waals surface area contributed by atoms with Gasteiger partial charge in [0.1, 0.15) is 0 Å². The Morgan fingerprint density at radius 3 is 1.40 bits per heavy atom. The highest BCUT2D eigenvalue weighted by Gasteiger charge is 2.38. The van der Waals surface area contributed by atoms with E-state index in [-0.39, 0.29) is 5.41 Å². The molecule has 0 fully saturated rings. The second kappa shape index (κ2) is 11.9. The summed E-state index contributed by atoms with van der Waals surface area (Å²) in [6.07, 6.45) is 0. The van der Waals surface area contributed by atoms with E-state index in [2.05, 4.69) is 207 Å². The van der Waals surface area contributed by atoms with E-state index < -0.39 is 8.07 Å². The van der Waals surface area contributed by atoms with E-state index in [1.54, 1.807) is 0 Å². The Bertz CT molecular complexity index is 2450. The van der Waals surface area contributed by atoms with Crippen LogP contribution in [0, 0.1) is 11.5 Å². The summed E-state index contributed by atoms with van der Waals surface area (Å²) in [4.78, 5) is 0. The molecule has 0 bridgehead atoms. The lowest BCUT2D eigenvalue weighted by Crippen LogP contribution is -2.66. The monoisotopic (exact) mass is 652 g/mol. The summed E-state index contributed by atoms with van der Waals surface area (Å²) in [5.41, 5.74) is 13.1. The van der Waals surface area contributed by atoms with Crippen LogP contribution in [-0.4, -0.2) is 8.07 Å². The maximum absolute atomic E-state index is 4.08. The topological polar surface area (TPSA) is 0 Å². The van der Waals surface area contributed by atoms with Crippen molar-refractivity contribution >= 4 is 45.2 Å². The van der Waals surface area contributed by atoms with E-state index in [1.165, 1.54) is 70.5 Å². The average Bonchev–Trinajstić information content (AvgIpc) is 3.41. The number of fused-ring (bicyclic) bond motifs is 5. The molecule has 1 aliphatic carbocycles. The van der Waals surface area contributed by atoms with Gasteiger partial charge in [-0.05, 0) is 76.6 Å². The second-order valence-corrected chi connectivity index (χ2v) is 17.4. The van der Waals surface area contributed by atoms with Crippen LogP contribution >= 0.6 is 0 Å². The Hall–Kier alpha value is -5.94. The maximum Gasteiger partial charge on any atom is 0.230 e. The molecule has 0 saturated carbocycles. The smallest absolute Gasteiger partial charge is 0.109 e. The van der Waals surface area contributed by atoms with Crippen molar-refractivity contribution in [2.75, 3.05) is 0 Å². The van der Waals surface area contributed by atoms with Crippen molar-refractivity contribution in [3.05, 3.63) is 199 Å². The summed E-state index contributed by atoms with van der Waals surface area (Å²) in [6.45, 7) is 4.69. The van der Waals surface area contributed by atoms with Crippen LogP contribution in [0.15, 0.2) is 182 Å². The van der Waals surface area contributed by atoms with Gasteiger partial charge in [-0.3, -0.25) is 0 Å². The SMILES string of the molecule is CC1(C)c2ccccc2-c2cc(-c3c4ccccc4c(C#C[Si](c4ccccc4)(c4ccccc4)c4ccccc4)c4ccccc34)ccc21. The lowest BCUT2D eigenvalue weighted by molar-refractivity contribution is 0.660. The third kappa shape index (κ3) is 4.61. The normalized spacial score (nSPS) is 13.0. The predicted molar refractivity (Wildman–Crippen MR) is 215 cm³/mol. The van der Waals surface area contributed by atoms with Crippen molar-refractivity contribution in [3.8, 4) is 33.7 Å². The molecule has 236 valence electrons. The van der Waals surface area contributed by atoms with Crippen molar-refractivity contribution in [1.82, 2.24) is 0 Å². The van der Waals surface area contributed by atoms with Crippen LogP contribution < -0.4 is 15.6 Å². The Labute approximate surface area is 295 Å². The Morgan fingerprint density at radius 1 is 0.420 bits per heavy atom. The Balaban J connectivity index is 1.33. The number of hydrogen-bond acceptors (Lipinski definition) is 0. The lowest BCUT2D eigenvalue weighted by atomic mass is 9.81. The minimum absolute atomic E-state index is 0.0271. The molecular formula is C49H36Si.